The van der Waals surface area contributed by atoms with E-state index in [1.807, 2.05) is 26.0 Å². The average molecular weight is 401 g/mol. The molecule has 0 aliphatic carbocycles. The Kier molecular flexibility index (Phi) is 4.01. The van der Waals surface area contributed by atoms with E-state index >= 15 is 0 Å². The molecular formula is C18H15N3O4S2. The number of nitrogens with one attached hydrogen (secondary N) is 1. The number of carbonyl (C=O) groups is 2. The first-order valence-corrected chi connectivity index (χ1v) is 10.4. The lowest BCUT2D eigenvalue weighted by atomic mass is 10.1. The molecular weight excluding hydrogens is 386 g/mol. The van der Waals surface area contributed by atoms with Gasteiger partial charge in [0.05, 0.1) is 15.8 Å². The van der Waals surface area contributed by atoms with Gasteiger partial charge in [0.1, 0.15) is 11.4 Å². The first-order chi connectivity index (χ1) is 12.8. The second kappa shape index (κ2) is 6.14. The maximum absolute atomic E-state index is 12.5. The lowest BCUT2D eigenvalue weighted by Gasteiger charge is -2.13. The third-order valence-electron chi connectivity index (χ3n) is 4.28. The molecule has 138 valence electrons. The maximum atomic E-state index is 12.5. The van der Waals surface area contributed by atoms with Crippen molar-refractivity contribution in [3.8, 4) is 0 Å². The van der Waals surface area contributed by atoms with Gasteiger partial charge < -0.3 is 5.32 Å². The molecule has 0 unspecified atom stereocenters. The van der Waals surface area contributed by atoms with Crippen LogP contribution in [0.5, 0.6) is 0 Å². The molecule has 2 heterocycles. The third kappa shape index (κ3) is 2.88. The molecule has 3 aromatic rings. The van der Waals surface area contributed by atoms with Crippen LogP contribution in [0.4, 0.5) is 5.13 Å². The standard InChI is InChI=1S/C18H15N3O4S2/c1-10-7-11(2)16-13(8-10)26-18(20-16)19-15(22)9-21-17(23)12-5-3-4-6-14(12)27(21,24)25/h3-8H,9H2,1-2H3,(H,19,20,22). The average Bonchev–Trinajstić information content (AvgIpc) is 3.08. The molecule has 1 aliphatic rings. The summed E-state index contributed by atoms with van der Waals surface area (Å²) in [5.74, 6) is -1.32. The fourth-order valence-corrected chi connectivity index (χ4v) is 5.68. The Balaban J connectivity index is 1.57. The molecule has 9 heteroatoms. The van der Waals surface area contributed by atoms with Crippen molar-refractivity contribution in [2.24, 2.45) is 0 Å². The zero-order valence-corrected chi connectivity index (χ0v) is 16.1. The Hall–Kier alpha value is -2.78. The summed E-state index contributed by atoms with van der Waals surface area (Å²) in [6.07, 6.45) is 0. The molecule has 0 saturated heterocycles. The summed E-state index contributed by atoms with van der Waals surface area (Å²) >= 11 is 1.30. The van der Waals surface area contributed by atoms with Crippen molar-refractivity contribution >= 4 is 48.5 Å². The third-order valence-corrected chi connectivity index (χ3v) is 6.98. The number of thiazole rings is 1. The molecule has 27 heavy (non-hydrogen) atoms. The fraction of sp³-hybridized carbons (Fsp3) is 0.167. The van der Waals surface area contributed by atoms with Gasteiger partial charge in [-0.1, -0.05) is 29.5 Å². The Bertz CT molecular complexity index is 1210. The Morgan fingerprint density at radius 2 is 1.96 bits per heavy atom. The summed E-state index contributed by atoms with van der Waals surface area (Å²) in [4.78, 5) is 29.1. The highest BCUT2D eigenvalue weighted by atomic mass is 32.2. The van der Waals surface area contributed by atoms with Crippen molar-refractivity contribution in [2.75, 3.05) is 11.9 Å². The molecule has 0 spiro atoms. The minimum Gasteiger partial charge on any atom is -0.300 e. The number of amides is 2. The lowest BCUT2D eigenvalue weighted by Crippen LogP contribution is -2.37. The van der Waals surface area contributed by atoms with E-state index in [1.165, 1.54) is 23.5 Å². The predicted octanol–water partition coefficient (Wildman–Crippen LogP) is 2.70. The second-order valence-electron chi connectivity index (χ2n) is 6.31. The van der Waals surface area contributed by atoms with Gasteiger partial charge in [-0.05, 0) is 43.2 Å². The van der Waals surface area contributed by atoms with E-state index in [9.17, 15) is 18.0 Å². The minimum atomic E-state index is -4.01. The summed E-state index contributed by atoms with van der Waals surface area (Å²) in [5, 5.41) is 2.97. The summed E-state index contributed by atoms with van der Waals surface area (Å²) in [7, 11) is -4.01. The van der Waals surface area contributed by atoms with Crippen molar-refractivity contribution in [2.45, 2.75) is 18.7 Å². The summed E-state index contributed by atoms with van der Waals surface area (Å²) in [5.41, 5.74) is 2.96. The van der Waals surface area contributed by atoms with Crippen molar-refractivity contribution in [1.82, 2.24) is 9.29 Å². The van der Waals surface area contributed by atoms with Crippen LogP contribution >= 0.6 is 11.3 Å². The summed E-state index contributed by atoms with van der Waals surface area (Å²) in [6, 6.07) is 9.89. The number of anilines is 1. The lowest BCUT2D eigenvalue weighted by molar-refractivity contribution is -0.116. The van der Waals surface area contributed by atoms with Gasteiger partial charge in [0, 0.05) is 0 Å². The number of hydrogen-bond acceptors (Lipinski definition) is 6. The van der Waals surface area contributed by atoms with Crippen LogP contribution in [0, 0.1) is 13.8 Å². The Labute approximate surface area is 159 Å². The monoisotopic (exact) mass is 401 g/mol. The number of hydrogen-bond donors (Lipinski definition) is 1. The van der Waals surface area contributed by atoms with Crippen LogP contribution < -0.4 is 5.32 Å². The molecule has 0 fully saturated rings. The number of aromatic nitrogens is 1. The van der Waals surface area contributed by atoms with E-state index in [1.54, 1.807) is 12.1 Å². The first-order valence-electron chi connectivity index (χ1n) is 8.11. The highest BCUT2D eigenvalue weighted by Gasteiger charge is 2.41. The topological polar surface area (TPSA) is 96.4 Å². The minimum absolute atomic E-state index is 0.0751. The van der Waals surface area contributed by atoms with E-state index in [4.69, 9.17) is 0 Å². The number of nitrogens with zero attached hydrogens (tertiary/aromatic N) is 2. The number of carbonyl (C=O) groups excluding carboxylic acids is 2. The SMILES string of the molecule is Cc1cc(C)c2nc(NC(=O)CN3C(=O)c4ccccc4S3(=O)=O)sc2c1. The molecule has 1 N–H and O–H groups in total. The molecule has 1 aromatic heterocycles. The van der Waals surface area contributed by atoms with Crippen LogP contribution in [0.1, 0.15) is 21.5 Å². The maximum Gasteiger partial charge on any atom is 0.269 e. The smallest absolute Gasteiger partial charge is 0.269 e. The molecule has 0 radical (unpaired) electrons. The molecule has 0 bridgehead atoms. The first kappa shape index (κ1) is 17.6. The molecule has 7 nitrogen and oxygen atoms in total. The van der Waals surface area contributed by atoms with E-state index < -0.39 is 28.4 Å². The van der Waals surface area contributed by atoms with Crippen LogP contribution in [0.2, 0.25) is 0 Å². The normalized spacial score (nSPS) is 15.2. The second-order valence-corrected chi connectivity index (χ2v) is 9.17. The van der Waals surface area contributed by atoms with Gasteiger partial charge in [-0.3, -0.25) is 9.59 Å². The van der Waals surface area contributed by atoms with Gasteiger partial charge in [-0.15, -0.1) is 0 Å². The van der Waals surface area contributed by atoms with Crippen LogP contribution in [-0.4, -0.2) is 36.1 Å². The highest BCUT2D eigenvalue weighted by molar-refractivity contribution is 7.90. The van der Waals surface area contributed by atoms with Crippen LogP contribution in [0.15, 0.2) is 41.3 Å². The van der Waals surface area contributed by atoms with Gasteiger partial charge in [-0.25, -0.2) is 17.7 Å². The van der Waals surface area contributed by atoms with E-state index in [0.717, 1.165) is 21.3 Å². The van der Waals surface area contributed by atoms with Gasteiger partial charge >= 0.3 is 0 Å². The van der Waals surface area contributed by atoms with Crippen molar-refractivity contribution in [1.29, 1.82) is 0 Å². The van der Waals surface area contributed by atoms with E-state index in [0.29, 0.717) is 9.44 Å². The van der Waals surface area contributed by atoms with E-state index in [-0.39, 0.29) is 10.5 Å². The van der Waals surface area contributed by atoms with Crippen molar-refractivity contribution in [3.05, 3.63) is 53.1 Å². The Morgan fingerprint density at radius 1 is 1.22 bits per heavy atom. The number of benzene rings is 2. The molecule has 0 saturated carbocycles. The quantitative estimate of drug-likeness (QED) is 0.728. The summed E-state index contributed by atoms with van der Waals surface area (Å²) in [6.45, 7) is 3.32. The van der Waals surface area contributed by atoms with E-state index in [2.05, 4.69) is 10.3 Å². The van der Waals surface area contributed by atoms with Crippen LogP contribution in [0.25, 0.3) is 10.2 Å². The van der Waals surface area contributed by atoms with Crippen LogP contribution in [0.3, 0.4) is 0 Å². The van der Waals surface area contributed by atoms with Gasteiger partial charge in [0.25, 0.3) is 15.9 Å². The largest absolute Gasteiger partial charge is 0.300 e. The number of fused-ring (bicyclic) bond motifs is 2. The predicted molar refractivity (Wildman–Crippen MR) is 102 cm³/mol. The van der Waals surface area contributed by atoms with Crippen molar-refractivity contribution < 1.29 is 18.0 Å². The summed E-state index contributed by atoms with van der Waals surface area (Å²) < 4.78 is 26.6. The number of sulfonamides is 1. The van der Waals surface area contributed by atoms with Crippen LogP contribution in [-0.2, 0) is 14.8 Å². The van der Waals surface area contributed by atoms with Crippen molar-refractivity contribution in [3.63, 3.8) is 0 Å². The molecule has 4 rings (SSSR count). The number of rotatable bonds is 3. The zero-order chi connectivity index (χ0) is 19.3. The molecule has 2 aromatic carbocycles. The molecule has 2 amide bonds. The molecule has 0 atom stereocenters. The molecule has 1 aliphatic heterocycles. The zero-order valence-electron chi connectivity index (χ0n) is 14.5. The van der Waals surface area contributed by atoms with Gasteiger partial charge in [0.2, 0.25) is 5.91 Å². The van der Waals surface area contributed by atoms with Gasteiger partial charge in [0.15, 0.2) is 5.13 Å². The van der Waals surface area contributed by atoms with Gasteiger partial charge in [-0.2, -0.15) is 0 Å². The number of aryl methyl sites for hydroxylation is 2. The highest BCUT2D eigenvalue weighted by Crippen LogP contribution is 2.31. The Morgan fingerprint density at radius 3 is 2.70 bits per heavy atom. The fourth-order valence-electron chi connectivity index (χ4n) is 3.10.